The van der Waals surface area contributed by atoms with Gasteiger partial charge < -0.3 is 10.2 Å². The van der Waals surface area contributed by atoms with Crippen LogP contribution in [-0.2, 0) is 6.42 Å². The van der Waals surface area contributed by atoms with Gasteiger partial charge in [-0.15, -0.1) is 0 Å². The van der Waals surface area contributed by atoms with E-state index in [2.05, 4.69) is 0 Å². The van der Waals surface area contributed by atoms with Crippen LogP contribution >= 0.6 is 23.2 Å². The molecule has 2 rings (SSSR count). The van der Waals surface area contributed by atoms with E-state index in [0.717, 1.165) is 11.1 Å². The summed E-state index contributed by atoms with van der Waals surface area (Å²) in [7, 11) is 0. The Balaban J connectivity index is 2.12. The van der Waals surface area contributed by atoms with E-state index in [-0.39, 0.29) is 6.04 Å². The van der Waals surface area contributed by atoms with E-state index in [9.17, 15) is 0 Å². The largest absolute Gasteiger partial charge is 0.472 e. The van der Waals surface area contributed by atoms with Crippen molar-refractivity contribution in [2.45, 2.75) is 12.5 Å². The summed E-state index contributed by atoms with van der Waals surface area (Å²) in [6.07, 6.45) is 3.97. The Hall–Kier alpha value is -0.960. The molecule has 84 valence electrons. The highest BCUT2D eigenvalue weighted by Crippen LogP contribution is 2.25. The first-order valence-corrected chi connectivity index (χ1v) is 5.64. The quantitative estimate of drug-likeness (QED) is 0.906. The minimum atomic E-state index is -0.0870. The molecule has 0 bridgehead atoms. The smallest absolute Gasteiger partial charge is 0.0950 e. The van der Waals surface area contributed by atoms with Crippen molar-refractivity contribution in [3.05, 3.63) is 58.0 Å². The molecule has 1 aromatic carbocycles. The highest BCUT2D eigenvalue weighted by atomic mass is 35.5. The van der Waals surface area contributed by atoms with Gasteiger partial charge in [-0.1, -0.05) is 29.3 Å². The van der Waals surface area contributed by atoms with Gasteiger partial charge in [-0.2, -0.15) is 0 Å². The predicted molar refractivity (Wildman–Crippen MR) is 65.8 cm³/mol. The van der Waals surface area contributed by atoms with Crippen LogP contribution in [0.3, 0.4) is 0 Å². The highest BCUT2D eigenvalue weighted by molar-refractivity contribution is 6.42. The van der Waals surface area contributed by atoms with E-state index in [1.165, 1.54) is 0 Å². The molecular weight excluding hydrogens is 245 g/mol. The van der Waals surface area contributed by atoms with Crippen molar-refractivity contribution in [2.24, 2.45) is 5.73 Å². The molecule has 0 saturated carbocycles. The zero-order chi connectivity index (χ0) is 11.5. The molecule has 1 heterocycles. The summed E-state index contributed by atoms with van der Waals surface area (Å²) in [6.45, 7) is 0. The maximum absolute atomic E-state index is 6.02. The van der Waals surface area contributed by atoms with Crippen LogP contribution in [0.1, 0.15) is 17.2 Å². The van der Waals surface area contributed by atoms with E-state index in [1.54, 1.807) is 18.6 Å². The maximum atomic E-state index is 6.02. The fourth-order valence-electron chi connectivity index (χ4n) is 1.52. The highest BCUT2D eigenvalue weighted by Gasteiger charge is 2.09. The number of furan rings is 1. The van der Waals surface area contributed by atoms with Gasteiger partial charge in [0.05, 0.1) is 22.6 Å². The van der Waals surface area contributed by atoms with Crippen molar-refractivity contribution in [1.29, 1.82) is 0 Å². The topological polar surface area (TPSA) is 39.2 Å². The number of rotatable bonds is 3. The van der Waals surface area contributed by atoms with Crippen molar-refractivity contribution in [1.82, 2.24) is 0 Å². The molecule has 1 unspecified atom stereocenters. The van der Waals surface area contributed by atoms with Crippen LogP contribution in [0.5, 0.6) is 0 Å². The average Bonchev–Trinajstić information content (AvgIpc) is 2.77. The third-order valence-corrected chi connectivity index (χ3v) is 3.15. The lowest BCUT2D eigenvalue weighted by Gasteiger charge is -2.09. The molecule has 1 aromatic heterocycles. The van der Waals surface area contributed by atoms with Gasteiger partial charge in [-0.3, -0.25) is 0 Å². The zero-order valence-corrected chi connectivity index (χ0v) is 10.0. The van der Waals surface area contributed by atoms with Gasteiger partial charge >= 0.3 is 0 Å². The molecular formula is C12H11Cl2NO. The van der Waals surface area contributed by atoms with Gasteiger partial charge in [-0.05, 0) is 30.2 Å². The number of halogens is 2. The van der Waals surface area contributed by atoms with Gasteiger partial charge in [0.25, 0.3) is 0 Å². The summed E-state index contributed by atoms with van der Waals surface area (Å²) >= 11 is 11.8. The van der Waals surface area contributed by atoms with Gasteiger partial charge in [0, 0.05) is 11.6 Å². The molecule has 2 aromatic rings. The average molecular weight is 256 g/mol. The lowest BCUT2D eigenvalue weighted by Crippen LogP contribution is -2.12. The summed E-state index contributed by atoms with van der Waals surface area (Å²) in [5.74, 6) is 0. The Morgan fingerprint density at radius 3 is 2.62 bits per heavy atom. The molecule has 0 aliphatic carbocycles. The van der Waals surface area contributed by atoms with Gasteiger partial charge in [0.15, 0.2) is 0 Å². The monoisotopic (exact) mass is 255 g/mol. The SMILES string of the molecule is NC(Cc1ccc(Cl)c(Cl)c1)c1ccoc1. The molecule has 0 aliphatic rings. The first-order valence-electron chi connectivity index (χ1n) is 4.88. The van der Waals surface area contributed by atoms with E-state index in [0.29, 0.717) is 16.5 Å². The standard InChI is InChI=1S/C12H11Cl2NO/c13-10-2-1-8(5-11(10)14)6-12(15)9-3-4-16-7-9/h1-5,7,12H,6,15H2. The van der Waals surface area contributed by atoms with Crippen LogP contribution in [0.15, 0.2) is 41.2 Å². The Labute approximate surface area is 104 Å². The summed E-state index contributed by atoms with van der Waals surface area (Å²) in [5, 5.41) is 1.11. The van der Waals surface area contributed by atoms with E-state index in [4.69, 9.17) is 33.4 Å². The second-order valence-electron chi connectivity index (χ2n) is 3.62. The second-order valence-corrected chi connectivity index (χ2v) is 4.43. The summed E-state index contributed by atoms with van der Waals surface area (Å²) in [4.78, 5) is 0. The van der Waals surface area contributed by atoms with E-state index in [1.807, 2.05) is 18.2 Å². The van der Waals surface area contributed by atoms with Crippen LogP contribution in [0, 0.1) is 0 Å². The van der Waals surface area contributed by atoms with E-state index < -0.39 is 0 Å². The van der Waals surface area contributed by atoms with Crippen LogP contribution in [0.25, 0.3) is 0 Å². The number of nitrogens with two attached hydrogens (primary N) is 1. The Morgan fingerprint density at radius 2 is 2.00 bits per heavy atom. The van der Waals surface area contributed by atoms with E-state index >= 15 is 0 Å². The van der Waals surface area contributed by atoms with Gasteiger partial charge in [0.1, 0.15) is 0 Å². The first kappa shape index (κ1) is 11.5. The second kappa shape index (κ2) is 4.91. The van der Waals surface area contributed by atoms with Crippen molar-refractivity contribution in [3.8, 4) is 0 Å². The summed E-state index contributed by atoms with van der Waals surface area (Å²) in [6, 6.07) is 7.32. The first-order chi connectivity index (χ1) is 7.66. The number of hydrogen-bond acceptors (Lipinski definition) is 2. The lowest BCUT2D eigenvalue weighted by atomic mass is 10.0. The normalized spacial score (nSPS) is 12.7. The van der Waals surface area contributed by atoms with Crippen LogP contribution in [-0.4, -0.2) is 0 Å². The Morgan fingerprint density at radius 1 is 1.19 bits per heavy atom. The van der Waals surface area contributed by atoms with Crippen molar-refractivity contribution >= 4 is 23.2 Å². The molecule has 0 aliphatic heterocycles. The third kappa shape index (κ3) is 2.59. The molecule has 0 amide bonds. The summed E-state index contributed by atoms with van der Waals surface area (Å²) < 4.78 is 4.99. The predicted octanol–water partition coefficient (Wildman–Crippen LogP) is 3.83. The fourth-order valence-corrected chi connectivity index (χ4v) is 1.85. The number of benzene rings is 1. The molecule has 0 radical (unpaired) electrons. The Kier molecular flexibility index (Phi) is 3.54. The zero-order valence-electron chi connectivity index (χ0n) is 8.49. The molecule has 1 atom stereocenters. The van der Waals surface area contributed by atoms with Crippen molar-refractivity contribution < 1.29 is 4.42 Å². The molecule has 0 fully saturated rings. The molecule has 0 saturated heterocycles. The van der Waals surface area contributed by atoms with Crippen LogP contribution in [0.4, 0.5) is 0 Å². The van der Waals surface area contributed by atoms with Gasteiger partial charge in [-0.25, -0.2) is 0 Å². The molecule has 0 spiro atoms. The van der Waals surface area contributed by atoms with Gasteiger partial charge in [0.2, 0.25) is 0 Å². The van der Waals surface area contributed by atoms with Crippen molar-refractivity contribution in [3.63, 3.8) is 0 Å². The van der Waals surface area contributed by atoms with Crippen LogP contribution < -0.4 is 5.73 Å². The molecule has 16 heavy (non-hydrogen) atoms. The molecule has 4 heteroatoms. The minimum Gasteiger partial charge on any atom is -0.472 e. The molecule has 2 N–H and O–H groups in total. The van der Waals surface area contributed by atoms with Crippen molar-refractivity contribution in [2.75, 3.05) is 0 Å². The number of hydrogen-bond donors (Lipinski definition) is 1. The maximum Gasteiger partial charge on any atom is 0.0950 e. The fraction of sp³-hybridized carbons (Fsp3) is 0.167. The summed E-state index contributed by atoms with van der Waals surface area (Å²) in [5.41, 5.74) is 8.06. The lowest BCUT2D eigenvalue weighted by molar-refractivity contribution is 0.558. The molecule has 2 nitrogen and oxygen atoms in total. The van der Waals surface area contributed by atoms with Crippen LogP contribution in [0.2, 0.25) is 10.0 Å². The Bertz CT molecular complexity index is 468. The minimum absolute atomic E-state index is 0.0870. The third-order valence-electron chi connectivity index (χ3n) is 2.41.